The molecule has 40 valence electrons. The molecule has 8 heavy (non-hydrogen) atoms. The number of nitro groups is 1. The Morgan fingerprint density at radius 1 is 1.75 bits per heavy atom. The maximum atomic E-state index is 9.83. The van der Waals surface area contributed by atoms with Gasteiger partial charge >= 0.3 is 45.0 Å². The van der Waals surface area contributed by atoms with Crippen LogP contribution >= 0.6 is 0 Å². The van der Waals surface area contributed by atoms with Crippen molar-refractivity contribution in [2.75, 3.05) is 0 Å². The minimum absolute atomic E-state index is 0.500. The van der Waals surface area contributed by atoms with E-state index in [1.54, 1.807) is 12.0 Å². The molecule has 0 radical (unpaired) electrons. The SMILES string of the molecule is O=[N+]([O-])n1bccc1. The van der Waals surface area contributed by atoms with Crippen molar-refractivity contribution in [2.45, 2.75) is 0 Å². The van der Waals surface area contributed by atoms with Crippen molar-refractivity contribution in [1.29, 1.82) is 0 Å². The zero-order valence-corrected chi connectivity index (χ0v) is 4.02. The average molecular weight is 110 g/mol. The van der Waals surface area contributed by atoms with Gasteiger partial charge in [0, 0.05) is 0 Å². The Morgan fingerprint density at radius 2 is 2.50 bits per heavy atom. The van der Waals surface area contributed by atoms with Gasteiger partial charge in [0.2, 0.25) is 0 Å². The summed E-state index contributed by atoms with van der Waals surface area (Å²) in [7, 11) is 1.38. The number of aromatic nitrogens is 1. The molecule has 0 saturated heterocycles. The summed E-state index contributed by atoms with van der Waals surface area (Å²) in [6.07, 6.45) is 1.38. The van der Waals surface area contributed by atoms with Gasteiger partial charge in [-0.25, -0.2) is 0 Å². The standard InChI is InChI=1S/C3H3BN2O2/c7-6(8)5-3-1-2-4-5/h1-3H. The van der Waals surface area contributed by atoms with Crippen LogP contribution in [0.15, 0.2) is 18.2 Å². The minimum atomic E-state index is -0.500. The molecule has 4 nitrogen and oxygen atoms in total. The Bertz CT molecular complexity index is 183. The molecule has 1 heterocycles. The zero-order chi connectivity index (χ0) is 5.98. The Labute approximate surface area is 46.1 Å². The second-order valence-corrected chi connectivity index (χ2v) is 1.30. The first-order valence-electron chi connectivity index (χ1n) is 2.08. The fourth-order valence-corrected chi connectivity index (χ4v) is 0.434. The van der Waals surface area contributed by atoms with Gasteiger partial charge < -0.3 is 0 Å². The summed E-state index contributed by atoms with van der Waals surface area (Å²) in [5.41, 5.74) is 0. The summed E-state index contributed by atoms with van der Waals surface area (Å²) in [6, 6.07) is 1.60. The first kappa shape index (κ1) is 5.02. The molecule has 1 rings (SSSR count). The normalized spacial score (nSPS) is 8.50. The second kappa shape index (κ2) is 1.77. The first-order chi connectivity index (χ1) is 3.80. The van der Waals surface area contributed by atoms with Crippen LogP contribution in [0.4, 0.5) is 0 Å². The topological polar surface area (TPSA) is 48.1 Å². The summed E-state index contributed by atoms with van der Waals surface area (Å²) in [5, 5.41) is 9.33. The van der Waals surface area contributed by atoms with Gasteiger partial charge in [-0.1, -0.05) is 0 Å². The van der Waals surface area contributed by atoms with Gasteiger partial charge in [-0.15, -0.1) is 0 Å². The molecule has 1 aromatic heterocycles. The first-order valence-corrected chi connectivity index (χ1v) is 2.08. The van der Waals surface area contributed by atoms with Crippen LogP contribution in [0.3, 0.4) is 0 Å². The van der Waals surface area contributed by atoms with Gasteiger partial charge in [-0.2, -0.15) is 0 Å². The number of rotatable bonds is 1. The monoisotopic (exact) mass is 110 g/mol. The molecule has 0 saturated carbocycles. The molecule has 0 bridgehead atoms. The van der Waals surface area contributed by atoms with E-state index in [4.69, 9.17) is 0 Å². The van der Waals surface area contributed by atoms with Gasteiger partial charge in [0.1, 0.15) is 0 Å². The number of nitrogens with zero attached hydrogens (tertiary/aromatic N) is 2. The number of hydrogen-bond acceptors (Lipinski definition) is 2. The van der Waals surface area contributed by atoms with E-state index in [0.717, 1.165) is 4.58 Å². The van der Waals surface area contributed by atoms with Crippen molar-refractivity contribution < 1.29 is 5.03 Å². The fourth-order valence-electron chi connectivity index (χ4n) is 0.434. The third kappa shape index (κ3) is 0.751. The molecule has 0 aliphatic carbocycles. The van der Waals surface area contributed by atoms with Crippen LogP contribution in [-0.2, 0) is 0 Å². The molecular weight excluding hydrogens is 107 g/mol. The molecule has 0 aromatic carbocycles. The summed E-state index contributed by atoms with van der Waals surface area (Å²) in [5.74, 6) is 1.60. The summed E-state index contributed by atoms with van der Waals surface area (Å²) >= 11 is 0. The van der Waals surface area contributed by atoms with Crippen LogP contribution in [0.25, 0.3) is 0 Å². The van der Waals surface area contributed by atoms with E-state index >= 15 is 0 Å². The molecular formula is C3H3BN2O2. The van der Waals surface area contributed by atoms with Crippen molar-refractivity contribution in [3.8, 4) is 0 Å². The van der Waals surface area contributed by atoms with Crippen molar-refractivity contribution >= 4 is 7.05 Å². The van der Waals surface area contributed by atoms with Crippen LogP contribution in [0, 0.1) is 10.1 Å². The van der Waals surface area contributed by atoms with Gasteiger partial charge in [0.25, 0.3) is 0 Å². The van der Waals surface area contributed by atoms with Crippen molar-refractivity contribution in [3.63, 3.8) is 0 Å². The Balaban J connectivity index is 2.93. The van der Waals surface area contributed by atoms with E-state index in [1.165, 1.54) is 13.2 Å². The second-order valence-electron chi connectivity index (χ2n) is 1.30. The Hall–Kier alpha value is -1.13. The van der Waals surface area contributed by atoms with E-state index in [-0.39, 0.29) is 0 Å². The third-order valence-electron chi connectivity index (χ3n) is 0.777. The molecule has 0 aliphatic heterocycles. The van der Waals surface area contributed by atoms with Crippen LogP contribution in [0.2, 0.25) is 0 Å². The number of hydrogen-bond donors (Lipinski definition) is 0. The molecule has 0 fully saturated rings. The van der Waals surface area contributed by atoms with E-state index in [0.29, 0.717) is 0 Å². The molecule has 5 heteroatoms. The van der Waals surface area contributed by atoms with Crippen LogP contribution < -0.4 is 0 Å². The third-order valence-corrected chi connectivity index (χ3v) is 0.777. The summed E-state index contributed by atoms with van der Waals surface area (Å²) in [4.78, 5) is 9.83. The maximum absolute atomic E-state index is 9.83. The predicted octanol–water partition coefficient (Wildman–Crippen LogP) is -0.134. The van der Waals surface area contributed by atoms with Crippen molar-refractivity contribution in [1.82, 2.24) is 4.58 Å². The fraction of sp³-hybridized carbons (Fsp3) is 0. The van der Waals surface area contributed by atoms with E-state index in [2.05, 4.69) is 0 Å². The van der Waals surface area contributed by atoms with Crippen LogP contribution in [-0.4, -0.2) is 16.7 Å². The molecule has 0 aliphatic rings. The van der Waals surface area contributed by atoms with Gasteiger partial charge in [-0.3, -0.25) is 0 Å². The van der Waals surface area contributed by atoms with Crippen molar-refractivity contribution in [2.24, 2.45) is 0 Å². The van der Waals surface area contributed by atoms with Crippen molar-refractivity contribution in [3.05, 3.63) is 28.3 Å². The summed E-state index contributed by atoms with van der Waals surface area (Å²) < 4.78 is 0.889. The van der Waals surface area contributed by atoms with Gasteiger partial charge in [-0.05, 0) is 0 Å². The summed E-state index contributed by atoms with van der Waals surface area (Å²) in [6.45, 7) is 0. The quantitative estimate of drug-likeness (QED) is 0.373. The predicted molar refractivity (Wildman–Crippen MR) is 28.2 cm³/mol. The molecule has 0 atom stereocenters. The molecule has 0 amide bonds. The Morgan fingerprint density at radius 3 is 2.75 bits per heavy atom. The zero-order valence-electron chi connectivity index (χ0n) is 4.02. The van der Waals surface area contributed by atoms with E-state index in [1.807, 2.05) is 0 Å². The van der Waals surface area contributed by atoms with Crippen LogP contribution in [0.1, 0.15) is 0 Å². The molecule has 1 aromatic rings. The average Bonchev–Trinajstić information content (AvgIpc) is 2.12. The van der Waals surface area contributed by atoms with Crippen LogP contribution in [0.5, 0.6) is 0 Å². The van der Waals surface area contributed by atoms with E-state index in [9.17, 15) is 10.1 Å². The van der Waals surface area contributed by atoms with Gasteiger partial charge in [0.05, 0.1) is 0 Å². The molecule has 0 N–H and O–H groups in total. The molecule has 0 unspecified atom stereocenters. The molecule has 0 spiro atoms. The Kier molecular flexibility index (Phi) is 1.11. The van der Waals surface area contributed by atoms with E-state index < -0.39 is 5.03 Å². The van der Waals surface area contributed by atoms with Gasteiger partial charge in [0.15, 0.2) is 0 Å².